The number of alkyl carbamates (subject to hydrolysis) is 1. The molecular weight excluding hydrogens is 491 g/mol. The second-order valence-corrected chi connectivity index (χ2v) is 10.6. The van der Waals surface area contributed by atoms with Crippen LogP contribution in [0.25, 0.3) is 0 Å². The molecule has 1 aromatic carbocycles. The Morgan fingerprint density at radius 3 is 2.71 bits per heavy atom. The molecule has 214 valence electrons. The van der Waals surface area contributed by atoms with Crippen LogP contribution in [0.4, 0.5) is 14.0 Å². The van der Waals surface area contributed by atoms with Crippen molar-refractivity contribution in [1.29, 1.82) is 0 Å². The molecule has 0 aliphatic carbocycles. The number of carbonyl (C=O) groups excluding carboxylic acids is 2. The summed E-state index contributed by atoms with van der Waals surface area (Å²) in [5, 5.41) is 9.02. The van der Waals surface area contributed by atoms with Crippen molar-refractivity contribution in [3.8, 4) is 0 Å². The van der Waals surface area contributed by atoms with Gasteiger partial charge in [-0.3, -0.25) is 0 Å². The Morgan fingerprint density at radius 1 is 1.24 bits per heavy atom. The van der Waals surface area contributed by atoms with Crippen molar-refractivity contribution in [2.24, 2.45) is 5.92 Å². The Balaban J connectivity index is 1.59. The minimum Gasteiger partial charge on any atom is -0.453 e. The van der Waals surface area contributed by atoms with Crippen molar-refractivity contribution in [2.75, 3.05) is 46.9 Å². The van der Waals surface area contributed by atoms with Crippen LogP contribution in [0.2, 0.25) is 0 Å². The lowest BCUT2D eigenvalue weighted by molar-refractivity contribution is -0.0547. The van der Waals surface area contributed by atoms with Crippen molar-refractivity contribution >= 4 is 12.1 Å². The molecule has 5 atom stereocenters. The maximum atomic E-state index is 15.1. The number of rotatable bonds is 11. The number of piperidine rings is 1. The predicted molar refractivity (Wildman–Crippen MR) is 144 cm³/mol. The molecule has 1 unspecified atom stereocenters. The minimum absolute atomic E-state index is 0.0198. The number of hydrogen-bond acceptors (Lipinski definition) is 6. The van der Waals surface area contributed by atoms with Gasteiger partial charge in [0.15, 0.2) is 0 Å². The molecule has 38 heavy (non-hydrogen) atoms. The molecule has 0 saturated carbocycles. The number of likely N-dealkylation sites (tertiary alicyclic amines) is 1. The zero-order valence-corrected chi connectivity index (χ0v) is 23.3. The summed E-state index contributed by atoms with van der Waals surface area (Å²) in [6.45, 7) is 6.84. The molecular formula is C28H45FN4O5. The summed E-state index contributed by atoms with van der Waals surface area (Å²) in [5.74, 6) is 0.120. The molecule has 2 aliphatic rings. The van der Waals surface area contributed by atoms with Crippen LogP contribution in [0, 0.1) is 11.7 Å². The molecule has 3 N–H and O–H groups in total. The number of urea groups is 1. The van der Waals surface area contributed by atoms with Crippen LogP contribution in [0.5, 0.6) is 0 Å². The number of nitrogens with zero attached hydrogens (tertiary/aromatic N) is 1. The second kappa shape index (κ2) is 15.2. The average Bonchev–Trinajstić information content (AvgIpc) is 2.88. The number of ether oxygens (including phenoxy) is 3. The molecule has 0 bridgehead atoms. The normalized spacial score (nSPS) is 24.5. The molecule has 10 heteroatoms. The van der Waals surface area contributed by atoms with Gasteiger partial charge in [-0.2, -0.15) is 0 Å². The summed E-state index contributed by atoms with van der Waals surface area (Å²) < 4.78 is 31.2. The fourth-order valence-corrected chi connectivity index (χ4v) is 5.88. The standard InChI is InChI=1S/C28H45FN4O5/c1-19-13-21(14-20(2)38-19)15-24(16-30-3)32-27(34)33-11-6-8-22(17-33)26-23(7-5-9-25(26)29)18-37-12-10-31-28(35)36-4/h5,7,9,19-22,24,30H,6,8,10-18H2,1-4H3,(H,31,35)(H,32,34)/t19-,20+,21?,22-,24-/m0/s1. The van der Waals surface area contributed by atoms with Crippen LogP contribution in [0.3, 0.4) is 0 Å². The largest absolute Gasteiger partial charge is 0.453 e. The van der Waals surface area contributed by atoms with Gasteiger partial charge in [0, 0.05) is 38.1 Å². The summed E-state index contributed by atoms with van der Waals surface area (Å²) in [7, 11) is 3.20. The number of likely N-dealkylation sites (N-methyl/N-ethyl adjacent to an activating group) is 1. The third-order valence-electron chi connectivity index (χ3n) is 7.41. The summed E-state index contributed by atoms with van der Waals surface area (Å²) in [5.41, 5.74) is 1.38. The average molecular weight is 537 g/mol. The number of hydrogen-bond donors (Lipinski definition) is 3. The van der Waals surface area contributed by atoms with Gasteiger partial charge in [-0.15, -0.1) is 0 Å². The van der Waals surface area contributed by atoms with Gasteiger partial charge in [-0.05, 0) is 76.1 Å². The Hall–Kier alpha value is -2.43. The van der Waals surface area contributed by atoms with Gasteiger partial charge >= 0.3 is 12.1 Å². The van der Waals surface area contributed by atoms with Gasteiger partial charge < -0.3 is 35.1 Å². The van der Waals surface area contributed by atoms with Crippen LogP contribution in [0.1, 0.15) is 63.0 Å². The molecule has 1 aromatic rings. The first-order valence-electron chi connectivity index (χ1n) is 13.8. The third-order valence-corrected chi connectivity index (χ3v) is 7.41. The van der Waals surface area contributed by atoms with E-state index in [-0.39, 0.29) is 49.2 Å². The molecule has 0 aromatic heterocycles. The van der Waals surface area contributed by atoms with Crippen molar-refractivity contribution in [1.82, 2.24) is 20.9 Å². The van der Waals surface area contributed by atoms with Crippen molar-refractivity contribution in [2.45, 2.75) is 76.7 Å². The highest BCUT2D eigenvalue weighted by molar-refractivity contribution is 5.74. The van der Waals surface area contributed by atoms with Gasteiger partial charge in [0.25, 0.3) is 0 Å². The van der Waals surface area contributed by atoms with E-state index in [1.165, 1.54) is 13.2 Å². The Morgan fingerprint density at radius 2 is 2.00 bits per heavy atom. The van der Waals surface area contributed by atoms with E-state index >= 15 is 4.39 Å². The molecule has 2 heterocycles. The van der Waals surface area contributed by atoms with Gasteiger partial charge in [-0.25, -0.2) is 14.0 Å². The summed E-state index contributed by atoms with van der Waals surface area (Å²) in [4.78, 5) is 26.3. The van der Waals surface area contributed by atoms with E-state index in [0.29, 0.717) is 37.7 Å². The lowest BCUT2D eigenvalue weighted by atomic mass is 9.86. The topological polar surface area (TPSA) is 101 Å². The quantitative estimate of drug-likeness (QED) is 0.372. The Bertz CT molecular complexity index is 894. The summed E-state index contributed by atoms with van der Waals surface area (Å²) >= 11 is 0. The van der Waals surface area contributed by atoms with Gasteiger partial charge in [-0.1, -0.05) is 12.1 Å². The van der Waals surface area contributed by atoms with Crippen LogP contribution in [-0.2, 0) is 20.8 Å². The molecule has 2 fully saturated rings. The molecule has 0 spiro atoms. The predicted octanol–water partition coefficient (Wildman–Crippen LogP) is 3.77. The molecule has 3 rings (SSSR count). The number of halogens is 1. The molecule has 0 radical (unpaired) electrons. The maximum Gasteiger partial charge on any atom is 0.406 e. The fourth-order valence-electron chi connectivity index (χ4n) is 5.88. The van der Waals surface area contributed by atoms with E-state index in [1.54, 1.807) is 6.07 Å². The Kier molecular flexibility index (Phi) is 12.1. The monoisotopic (exact) mass is 536 g/mol. The maximum absolute atomic E-state index is 15.1. The summed E-state index contributed by atoms with van der Waals surface area (Å²) in [6, 6.07) is 4.94. The van der Waals surface area contributed by atoms with Crippen molar-refractivity contribution in [3.05, 3.63) is 35.1 Å². The van der Waals surface area contributed by atoms with E-state index in [1.807, 2.05) is 18.0 Å². The van der Waals surface area contributed by atoms with Crippen LogP contribution in [0.15, 0.2) is 18.2 Å². The van der Waals surface area contributed by atoms with Crippen LogP contribution in [-0.4, -0.2) is 82.2 Å². The first kappa shape index (κ1) is 30.1. The third kappa shape index (κ3) is 9.10. The summed E-state index contributed by atoms with van der Waals surface area (Å²) in [6.07, 6.45) is 4.48. The highest BCUT2D eigenvalue weighted by Gasteiger charge is 2.31. The van der Waals surface area contributed by atoms with Crippen molar-refractivity contribution < 1.29 is 28.2 Å². The molecule has 2 aliphatic heterocycles. The lowest BCUT2D eigenvalue weighted by Gasteiger charge is -2.37. The zero-order valence-electron chi connectivity index (χ0n) is 23.3. The fraction of sp³-hybridized carbons (Fsp3) is 0.714. The number of amides is 3. The Labute approximate surface area is 226 Å². The first-order valence-corrected chi connectivity index (χ1v) is 13.8. The van der Waals surface area contributed by atoms with Crippen LogP contribution >= 0.6 is 0 Å². The van der Waals surface area contributed by atoms with Crippen molar-refractivity contribution in [3.63, 3.8) is 0 Å². The molecule has 3 amide bonds. The lowest BCUT2D eigenvalue weighted by Crippen LogP contribution is -2.51. The smallest absolute Gasteiger partial charge is 0.406 e. The number of nitrogens with one attached hydrogen (secondary N) is 3. The zero-order chi connectivity index (χ0) is 27.5. The number of carbonyl (C=O) groups is 2. The van der Waals surface area contributed by atoms with E-state index in [2.05, 4.69) is 34.5 Å². The first-order chi connectivity index (χ1) is 18.3. The van der Waals surface area contributed by atoms with Gasteiger partial charge in [0.05, 0.1) is 32.5 Å². The SMILES string of the molecule is CNC[C@H](CC1C[C@@H](C)O[C@@H](C)C1)NC(=O)N1CCC[C@H](c2c(F)cccc2COCCNC(=O)OC)C1. The molecule has 9 nitrogen and oxygen atoms in total. The second-order valence-electron chi connectivity index (χ2n) is 10.6. The number of benzene rings is 1. The number of methoxy groups -OCH3 is 1. The van der Waals surface area contributed by atoms with Gasteiger partial charge in [0.1, 0.15) is 5.82 Å². The highest BCUT2D eigenvalue weighted by Crippen LogP contribution is 2.32. The van der Waals surface area contributed by atoms with Gasteiger partial charge in [0.2, 0.25) is 0 Å². The molecule has 2 saturated heterocycles. The highest BCUT2D eigenvalue weighted by atomic mass is 19.1. The minimum atomic E-state index is -0.519. The van der Waals surface area contributed by atoms with E-state index in [4.69, 9.17) is 9.47 Å². The van der Waals surface area contributed by atoms with Crippen LogP contribution < -0.4 is 16.0 Å². The van der Waals surface area contributed by atoms with E-state index in [9.17, 15) is 9.59 Å². The van der Waals surface area contributed by atoms with E-state index in [0.717, 1.165) is 37.7 Å². The van der Waals surface area contributed by atoms with E-state index < -0.39 is 6.09 Å².